The number of anilines is 2. The lowest BCUT2D eigenvalue weighted by Gasteiger charge is -2.49. The van der Waals surface area contributed by atoms with Gasteiger partial charge in [-0.05, 0) is 43.5 Å². The number of thiophene rings is 1. The zero-order chi connectivity index (χ0) is 29.5. The van der Waals surface area contributed by atoms with Gasteiger partial charge in [-0.25, -0.2) is 9.98 Å². The number of nitrogens with zero attached hydrogens (tertiary/aromatic N) is 5. The van der Waals surface area contributed by atoms with Gasteiger partial charge in [0.05, 0.1) is 43.6 Å². The van der Waals surface area contributed by atoms with E-state index in [0.717, 1.165) is 17.8 Å². The number of carboxylic acid groups (broad SMARTS) is 1. The summed E-state index contributed by atoms with van der Waals surface area (Å²) in [6, 6.07) is 6.11. The van der Waals surface area contributed by atoms with Gasteiger partial charge < -0.3 is 29.3 Å². The molecule has 0 radical (unpaired) electrons. The van der Waals surface area contributed by atoms with E-state index >= 15 is 0 Å². The topological polar surface area (TPSA) is 90.7 Å². The van der Waals surface area contributed by atoms with Crippen LogP contribution in [0.5, 0.6) is 11.6 Å². The maximum Gasteiger partial charge on any atom is 0.416 e. The number of pyridine rings is 1. The molecule has 3 unspecified atom stereocenters. The molecule has 0 aliphatic carbocycles. The number of benzene rings is 1. The molecular weight excluding hydrogens is 559 g/mol. The van der Waals surface area contributed by atoms with Gasteiger partial charge >= 0.3 is 12.1 Å². The molecule has 9 nitrogen and oxygen atoms in total. The minimum atomic E-state index is -4.61. The number of hydrogen-bond acceptors (Lipinski definition) is 9. The summed E-state index contributed by atoms with van der Waals surface area (Å²) in [7, 11) is 2.93. The summed E-state index contributed by atoms with van der Waals surface area (Å²) in [5, 5.41) is 13.5. The fourth-order valence-electron chi connectivity index (χ4n) is 5.67. The van der Waals surface area contributed by atoms with E-state index in [1.807, 2.05) is 22.4 Å². The van der Waals surface area contributed by atoms with Crippen molar-refractivity contribution >= 4 is 40.3 Å². The van der Waals surface area contributed by atoms with Crippen LogP contribution >= 0.6 is 11.3 Å². The average molecular weight is 590 g/mol. The van der Waals surface area contributed by atoms with Crippen LogP contribution in [0.4, 0.5) is 30.2 Å². The maximum atomic E-state index is 13.9. The van der Waals surface area contributed by atoms with Crippen molar-refractivity contribution in [2.24, 2.45) is 4.99 Å². The lowest BCUT2D eigenvalue weighted by molar-refractivity contribution is -0.138. The molecule has 1 N–H and O–H groups in total. The number of halogens is 3. The minimum absolute atomic E-state index is 0.0411. The van der Waals surface area contributed by atoms with Crippen LogP contribution in [-0.4, -0.2) is 66.3 Å². The van der Waals surface area contributed by atoms with Gasteiger partial charge in [-0.2, -0.15) is 13.2 Å². The molecule has 41 heavy (non-hydrogen) atoms. The van der Waals surface area contributed by atoms with Crippen LogP contribution in [-0.2, 0) is 11.0 Å². The lowest BCUT2D eigenvalue weighted by Crippen LogP contribution is -2.61. The van der Waals surface area contributed by atoms with E-state index < -0.39 is 23.8 Å². The molecule has 2 aliphatic rings. The summed E-state index contributed by atoms with van der Waals surface area (Å²) in [4.78, 5) is 27.0. The second kappa shape index (κ2) is 11.1. The molecule has 0 amide bonds. The zero-order valence-corrected chi connectivity index (χ0v) is 23.7. The number of carboxylic acids is 1. The summed E-state index contributed by atoms with van der Waals surface area (Å²) in [5.41, 5.74) is 1.42. The van der Waals surface area contributed by atoms with Gasteiger partial charge in [0.25, 0.3) is 0 Å². The molecule has 1 saturated heterocycles. The van der Waals surface area contributed by atoms with Crippen LogP contribution in [0, 0.1) is 0 Å². The van der Waals surface area contributed by atoms with E-state index in [9.17, 15) is 23.1 Å². The second-order valence-corrected chi connectivity index (χ2v) is 10.8. The Morgan fingerprint density at radius 2 is 1.83 bits per heavy atom. The molecule has 2 aliphatic heterocycles. The Kier molecular flexibility index (Phi) is 7.73. The first-order valence-electron chi connectivity index (χ1n) is 13.0. The number of aromatic nitrogens is 1. The van der Waals surface area contributed by atoms with Crippen molar-refractivity contribution in [1.29, 1.82) is 0 Å². The molecule has 5 rings (SSSR count). The third kappa shape index (κ3) is 5.50. The summed E-state index contributed by atoms with van der Waals surface area (Å²) in [6.45, 7) is 5.06. The molecule has 1 aromatic carbocycles. The van der Waals surface area contributed by atoms with Gasteiger partial charge in [0, 0.05) is 54.1 Å². The fourth-order valence-corrected chi connectivity index (χ4v) is 6.48. The predicted molar refractivity (Wildman–Crippen MR) is 151 cm³/mol. The van der Waals surface area contributed by atoms with Crippen LogP contribution in [0.1, 0.15) is 37.4 Å². The summed E-state index contributed by atoms with van der Waals surface area (Å²) in [5.74, 6) is -0.0263. The Hall–Kier alpha value is -4.00. The predicted octanol–water partition coefficient (Wildman–Crippen LogP) is 5.80. The molecular formula is C28H30F3N5O4S. The molecule has 1 fully saturated rings. The third-order valence-corrected chi connectivity index (χ3v) is 8.09. The number of fused-ring (bicyclic) bond motifs is 1. The average Bonchev–Trinajstić information content (AvgIpc) is 3.40. The van der Waals surface area contributed by atoms with E-state index in [1.54, 1.807) is 23.6 Å². The van der Waals surface area contributed by atoms with E-state index in [0.29, 0.717) is 36.2 Å². The standard InChI is InChI=1S/C28H30F3N5O4S/c1-16-12-34(13-17(2)35(16)19-7-8-32-25(10-19)40-4)27-33-21-15-41-14-20(21)22(11-26(37)38)36(27)23-9-18(28(29,30)31)5-6-24(23)39-3/h5-10,14-17,22H,11-13H2,1-4H3,(H,37,38). The molecule has 0 bridgehead atoms. The van der Waals surface area contributed by atoms with E-state index in [4.69, 9.17) is 14.5 Å². The Balaban J connectivity index is 1.61. The van der Waals surface area contributed by atoms with E-state index in [-0.39, 0.29) is 29.9 Å². The number of rotatable bonds is 6. The summed E-state index contributed by atoms with van der Waals surface area (Å²) < 4.78 is 52.4. The normalized spacial score (nSPS) is 20.9. The van der Waals surface area contributed by atoms with Crippen molar-refractivity contribution in [2.75, 3.05) is 37.1 Å². The number of methoxy groups -OCH3 is 2. The van der Waals surface area contributed by atoms with Gasteiger partial charge in [-0.3, -0.25) is 4.79 Å². The fraction of sp³-hybridized carbons (Fsp3) is 0.393. The van der Waals surface area contributed by atoms with Gasteiger partial charge in [-0.1, -0.05) is 0 Å². The van der Waals surface area contributed by atoms with Gasteiger partial charge in [-0.15, -0.1) is 11.3 Å². The molecule has 3 atom stereocenters. The first kappa shape index (κ1) is 28.5. The van der Waals surface area contributed by atoms with Crippen molar-refractivity contribution in [2.45, 2.75) is 44.6 Å². The molecule has 0 saturated carbocycles. The van der Waals surface area contributed by atoms with Crippen molar-refractivity contribution in [1.82, 2.24) is 9.88 Å². The zero-order valence-electron chi connectivity index (χ0n) is 22.9. The van der Waals surface area contributed by atoms with Crippen molar-refractivity contribution in [3.63, 3.8) is 0 Å². The molecule has 4 heterocycles. The molecule has 3 aromatic rings. The smallest absolute Gasteiger partial charge is 0.416 e. The van der Waals surface area contributed by atoms with E-state index in [2.05, 4.69) is 23.7 Å². The van der Waals surface area contributed by atoms with Gasteiger partial charge in [0.2, 0.25) is 11.8 Å². The number of ether oxygens (including phenoxy) is 2. The number of guanidine groups is 1. The highest BCUT2D eigenvalue weighted by atomic mass is 32.1. The van der Waals surface area contributed by atoms with E-state index in [1.165, 1.54) is 24.5 Å². The Labute approximate surface area is 239 Å². The SMILES string of the molecule is COc1cc(N2C(C)CN(C3=Nc4cscc4C(CC(=O)O)N3c3cc(C(F)(F)F)ccc3OC)CC2C)ccn1. The monoisotopic (exact) mass is 589 g/mol. The summed E-state index contributed by atoms with van der Waals surface area (Å²) >= 11 is 1.37. The minimum Gasteiger partial charge on any atom is -0.495 e. The van der Waals surface area contributed by atoms with Crippen LogP contribution in [0.3, 0.4) is 0 Å². The lowest BCUT2D eigenvalue weighted by atomic mass is 9.99. The van der Waals surface area contributed by atoms with Gasteiger partial charge in [0.15, 0.2) is 0 Å². The highest BCUT2D eigenvalue weighted by Gasteiger charge is 2.41. The third-order valence-electron chi connectivity index (χ3n) is 7.34. The van der Waals surface area contributed by atoms with Crippen molar-refractivity contribution < 1.29 is 32.5 Å². The highest BCUT2D eigenvalue weighted by molar-refractivity contribution is 7.08. The van der Waals surface area contributed by atoms with Crippen molar-refractivity contribution in [3.05, 3.63) is 58.4 Å². The van der Waals surface area contributed by atoms with Crippen LogP contribution in [0.25, 0.3) is 0 Å². The largest absolute Gasteiger partial charge is 0.495 e. The first-order valence-corrected chi connectivity index (χ1v) is 13.9. The first-order chi connectivity index (χ1) is 19.5. The number of aliphatic carboxylic acids is 1. The second-order valence-electron chi connectivity index (χ2n) is 10.1. The molecule has 0 spiro atoms. The Bertz CT molecular complexity index is 1450. The van der Waals surface area contributed by atoms with Crippen LogP contribution < -0.4 is 19.3 Å². The maximum absolute atomic E-state index is 13.9. The Morgan fingerprint density at radius 1 is 1.10 bits per heavy atom. The van der Waals surface area contributed by atoms with Gasteiger partial charge in [0.1, 0.15) is 5.75 Å². The number of alkyl halides is 3. The number of hydrogen-bond donors (Lipinski definition) is 1. The molecule has 2 aromatic heterocycles. The number of piperazine rings is 1. The number of aliphatic imine (C=N–C) groups is 1. The van der Waals surface area contributed by atoms with Crippen molar-refractivity contribution in [3.8, 4) is 11.6 Å². The van der Waals surface area contributed by atoms with Crippen LogP contribution in [0.15, 0.2) is 52.3 Å². The molecule has 13 heteroatoms. The highest BCUT2D eigenvalue weighted by Crippen LogP contribution is 2.46. The number of carbonyl (C=O) groups is 1. The Morgan fingerprint density at radius 3 is 2.46 bits per heavy atom. The summed E-state index contributed by atoms with van der Waals surface area (Å²) in [6.07, 6.45) is -3.27. The van der Waals surface area contributed by atoms with Crippen LogP contribution in [0.2, 0.25) is 0 Å². The molecule has 218 valence electrons. The quantitative estimate of drug-likeness (QED) is 0.386.